The number of hydrogen-bond donors (Lipinski definition) is 1. The van der Waals surface area contributed by atoms with Crippen molar-refractivity contribution in [3.63, 3.8) is 0 Å². The number of aryl methyl sites for hydroxylation is 1. The Balaban J connectivity index is 1.31. The lowest BCUT2D eigenvalue weighted by atomic mass is 9.98. The molecular formula is C23H26N4O3. The van der Waals surface area contributed by atoms with E-state index in [-0.39, 0.29) is 11.8 Å². The molecule has 1 fully saturated rings. The lowest BCUT2D eigenvalue weighted by Crippen LogP contribution is -2.36. The third kappa shape index (κ3) is 5.24. The molecule has 0 spiro atoms. The van der Waals surface area contributed by atoms with Gasteiger partial charge < -0.3 is 19.5 Å². The summed E-state index contributed by atoms with van der Waals surface area (Å²) in [7, 11) is 0. The van der Waals surface area contributed by atoms with E-state index in [9.17, 15) is 4.79 Å². The average molecular weight is 406 g/mol. The molecule has 2 heterocycles. The van der Waals surface area contributed by atoms with E-state index in [1.165, 1.54) is 0 Å². The molecule has 0 aliphatic carbocycles. The predicted octanol–water partition coefficient (Wildman–Crippen LogP) is 4.38. The number of nitrogens with one attached hydrogen (secondary N) is 1. The monoisotopic (exact) mass is 406 g/mol. The molecule has 1 aliphatic rings. The summed E-state index contributed by atoms with van der Waals surface area (Å²) in [6, 6.07) is 17.0. The summed E-state index contributed by atoms with van der Waals surface area (Å²) in [6.07, 6.45) is 2.51. The summed E-state index contributed by atoms with van der Waals surface area (Å²) < 4.78 is 11.3. The van der Waals surface area contributed by atoms with Crippen molar-refractivity contribution >= 4 is 11.6 Å². The average Bonchev–Trinajstić information content (AvgIpc) is 3.21. The number of carbonyl (C=O) groups is 1. The number of nitrogens with zero attached hydrogens (tertiary/aromatic N) is 3. The van der Waals surface area contributed by atoms with Gasteiger partial charge in [0, 0.05) is 19.5 Å². The highest BCUT2D eigenvalue weighted by molar-refractivity contribution is 5.92. The smallest absolute Gasteiger partial charge is 0.231 e. The van der Waals surface area contributed by atoms with Gasteiger partial charge in [0.15, 0.2) is 11.6 Å². The molecule has 1 atom stereocenters. The Bertz CT molecular complexity index is 973. The second-order valence-corrected chi connectivity index (χ2v) is 7.53. The molecular weight excluding hydrogens is 380 g/mol. The normalized spacial score (nSPS) is 16.9. The Morgan fingerprint density at radius 3 is 2.80 bits per heavy atom. The van der Waals surface area contributed by atoms with Crippen LogP contribution in [0.5, 0.6) is 11.5 Å². The van der Waals surface area contributed by atoms with Crippen LogP contribution in [0, 0.1) is 6.92 Å². The zero-order chi connectivity index (χ0) is 20.8. The number of likely N-dealkylation sites (tertiary alicyclic amines) is 1. The fraction of sp³-hybridized carbons (Fsp3) is 0.348. The fourth-order valence-corrected chi connectivity index (χ4v) is 3.69. The van der Waals surface area contributed by atoms with E-state index >= 15 is 0 Å². The van der Waals surface area contributed by atoms with E-state index < -0.39 is 0 Å². The van der Waals surface area contributed by atoms with Gasteiger partial charge in [-0.1, -0.05) is 35.5 Å². The molecule has 2 aromatic carbocycles. The molecule has 7 heteroatoms. The van der Waals surface area contributed by atoms with Crippen LogP contribution < -0.4 is 10.1 Å². The minimum absolute atomic E-state index is 0.0325. The third-order valence-corrected chi connectivity index (χ3v) is 5.19. The van der Waals surface area contributed by atoms with Crippen molar-refractivity contribution < 1.29 is 14.1 Å². The van der Waals surface area contributed by atoms with Crippen molar-refractivity contribution in [2.24, 2.45) is 0 Å². The molecule has 3 aromatic rings. The Kier molecular flexibility index (Phi) is 6.39. The van der Waals surface area contributed by atoms with Crippen LogP contribution in [0.3, 0.4) is 0 Å². The molecule has 4 rings (SSSR count). The van der Waals surface area contributed by atoms with Gasteiger partial charge >= 0.3 is 0 Å². The molecule has 156 valence electrons. The number of rotatable bonds is 7. The van der Waals surface area contributed by atoms with Crippen molar-refractivity contribution in [3.8, 4) is 11.5 Å². The van der Waals surface area contributed by atoms with Gasteiger partial charge in [0.1, 0.15) is 5.75 Å². The van der Waals surface area contributed by atoms with Gasteiger partial charge in [-0.05, 0) is 50.6 Å². The van der Waals surface area contributed by atoms with E-state index in [2.05, 4.69) is 20.4 Å². The maximum Gasteiger partial charge on any atom is 0.231 e. The van der Waals surface area contributed by atoms with E-state index in [0.717, 1.165) is 31.7 Å². The zero-order valence-corrected chi connectivity index (χ0v) is 17.1. The third-order valence-electron chi connectivity index (χ3n) is 5.19. The standard InChI is InChI=1S/C23H26N4O3/c1-17-24-23(30-26-17)18-8-7-14-27(16-18)15-13-22(28)25-20-11-5-6-12-21(20)29-19-9-3-2-4-10-19/h2-6,9-12,18H,7-8,13-16H2,1H3,(H,25,28). The predicted molar refractivity (Wildman–Crippen MR) is 114 cm³/mol. The molecule has 30 heavy (non-hydrogen) atoms. The maximum absolute atomic E-state index is 12.6. The first-order chi connectivity index (χ1) is 14.7. The van der Waals surface area contributed by atoms with E-state index in [4.69, 9.17) is 9.26 Å². The Morgan fingerprint density at radius 2 is 2.00 bits per heavy atom. The minimum Gasteiger partial charge on any atom is -0.455 e. The number of carbonyl (C=O) groups excluding carboxylic acids is 1. The molecule has 1 N–H and O–H groups in total. The van der Waals surface area contributed by atoms with E-state index in [1.54, 1.807) is 0 Å². The number of para-hydroxylation sites is 3. The first kappa shape index (κ1) is 20.1. The minimum atomic E-state index is -0.0325. The fourth-order valence-electron chi connectivity index (χ4n) is 3.69. The molecule has 1 unspecified atom stereocenters. The van der Waals surface area contributed by atoms with Gasteiger partial charge in [-0.2, -0.15) is 4.98 Å². The van der Waals surface area contributed by atoms with E-state index in [1.807, 2.05) is 61.5 Å². The number of piperidine rings is 1. The van der Waals surface area contributed by atoms with Gasteiger partial charge in [-0.15, -0.1) is 0 Å². The van der Waals surface area contributed by atoms with Crippen LogP contribution in [-0.4, -0.2) is 40.6 Å². The van der Waals surface area contributed by atoms with Crippen molar-refractivity contribution in [1.29, 1.82) is 0 Å². The number of aromatic nitrogens is 2. The topological polar surface area (TPSA) is 80.5 Å². The van der Waals surface area contributed by atoms with E-state index in [0.29, 0.717) is 36.1 Å². The molecule has 1 aliphatic heterocycles. The summed E-state index contributed by atoms with van der Waals surface area (Å²) in [5.41, 5.74) is 0.671. The SMILES string of the molecule is Cc1noc(C2CCCN(CCC(=O)Nc3ccccc3Oc3ccccc3)C2)n1. The van der Waals surface area contributed by atoms with Crippen LogP contribution in [0.1, 0.15) is 36.9 Å². The highest BCUT2D eigenvalue weighted by Crippen LogP contribution is 2.29. The Morgan fingerprint density at radius 1 is 1.20 bits per heavy atom. The van der Waals surface area contributed by atoms with Gasteiger partial charge in [0.25, 0.3) is 0 Å². The summed E-state index contributed by atoms with van der Waals surface area (Å²) in [5, 5.41) is 6.88. The molecule has 1 aromatic heterocycles. The summed E-state index contributed by atoms with van der Waals surface area (Å²) in [6.45, 7) is 4.33. The van der Waals surface area contributed by atoms with Crippen LogP contribution in [0.15, 0.2) is 59.1 Å². The second kappa shape index (κ2) is 9.54. The molecule has 1 amide bonds. The van der Waals surface area contributed by atoms with Crippen molar-refractivity contribution in [3.05, 3.63) is 66.3 Å². The van der Waals surface area contributed by atoms with Gasteiger partial charge in [0.05, 0.1) is 11.6 Å². The Hall–Kier alpha value is -3.19. The van der Waals surface area contributed by atoms with Gasteiger partial charge in [0.2, 0.25) is 11.8 Å². The highest BCUT2D eigenvalue weighted by atomic mass is 16.5. The highest BCUT2D eigenvalue weighted by Gasteiger charge is 2.25. The number of hydrogen-bond acceptors (Lipinski definition) is 6. The van der Waals surface area contributed by atoms with Crippen LogP contribution in [0.2, 0.25) is 0 Å². The maximum atomic E-state index is 12.6. The number of amides is 1. The second-order valence-electron chi connectivity index (χ2n) is 7.53. The first-order valence-electron chi connectivity index (χ1n) is 10.3. The van der Waals surface area contributed by atoms with Crippen LogP contribution >= 0.6 is 0 Å². The van der Waals surface area contributed by atoms with Crippen molar-refractivity contribution in [2.45, 2.75) is 32.1 Å². The molecule has 0 radical (unpaired) electrons. The van der Waals surface area contributed by atoms with Crippen LogP contribution in [-0.2, 0) is 4.79 Å². The lowest BCUT2D eigenvalue weighted by molar-refractivity contribution is -0.116. The van der Waals surface area contributed by atoms with Crippen LogP contribution in [0.4, 0.5) is 5.69 Å². The molecule has 7 nitrogen and oxygen atoms in total. The molecule has 0 saturated carbocycles. The molecule has 0 bridgehead atoms. The summed E-state index contributed by atoms with van der Waals surface area (Å²) in [4.78, 5) is 19.2. The number of ether oxygens (including phenoxy) is 1. The summed E-state index contributed by atoms with van der Waals surface area (Å²) in [5.74, 6) is 2.93. The largest absolute Gasteiger partial charge is 0.455 e. The Labute approximate surface area is 176 Å². The van der Waals surface area contributed by atoms with Gasteiger partial charge in [-0.3, -0.25) is 4.79 Å². The van der Waals surface area contributed by atoms with Crippen molar-refractivity contribution in [1.82, 2.24) is 15.0 Å². The number of anilines is 1. The zero-order valence-electron chi connectivity index (χ0n) is 17.1. The van der Waals surface area contributed by atoms with Crippen LogP contribution in [0.25, 0.3) is 0 Å². The quantitative estimate of drug-likeness (QED) is 0.627. The van der Waals surface area contributed by atoms with Crippen molar-refractivity contribution in [2.75, 3.05) is 25.0 Å². The first-order valence-corrected chi connectivity index (χ1v) is 10.3. The van der Waals surface area contributed by atoms with Gasteiger partial charge in [-0.25, -0.2) is 0 Å². The summed E-state index contributed by atoms with van der Waals surface area (Å²) >= 11 is 0. The lowest BCUT2D eigenvalue weighted by Gasteiger charge is -2.30. The number of benzene rings is 2. The molecule has 1 saturated heterocycles.